The van der Waals surface area contributed by atoms with Gasteiger partial charge in [-0.15, -0.1) is 11.3 Å². The molecule has 1 fully saturated rings. The molecule has 1 atom stereocenters. The van der Waals surface area contributed by atoms with Crippen molar-refractivity contribution in [3.05, 3.63) is 35.5 Å². The third kappa shape index (κ3) is 3.02. The molecule has 0 unspecified atom stereocenters. The summed E-state index contributed by atoms with van der Waals surface area (Å²) >= 11 is 1.58. The van der Waals surface area contributed by atoms with Crippen LogP contribution >= 0.6 is 11.3 Å². The fraction of sp³-hybridized carbons (Fsp3) is 0.357. The van der Waals surface area contributed by atoms with Crippen molar-refractivity contribution in [3.8, 4) is 10.7 Å². The summed E-state index contributed by atoms with van der Waals surface area (Å²) in [5, 5.41) is 4.83. The molecule has 1 aliphatic rings. The summed E-state index contributed by atoms with van der Waals surface area (Å²) in [7, 11) is 0. The minimum Gasteiger partial charge on any atom is -0.376 e. The quantitative estimate of drug-likeness (QED) is 0.936. The van der Waals surface area contributed by atoms with Crippen molar-refractivity contribution >= 4 is 17.2 Å². The highest BCUT2D eigenvalue weighted by atomic mass is 32.1. The van der Waals surface area contributed by atoms with Crippen LogP contribution in [0.15, 0.2) is 29.9 Å². The number of thiophene rings is 1. The second kappa shape index (κ2) is 6.11. The molecule has 5 nitrogen and oxygen atoms in total. The van der Waals surface area contributed by atoms with Crippen molar-refractivity contribution in [2.45, 2.75) is 18.9 Å². The van der Waals surface area contributed by atoms with Gasteiger partial charge in [0.1, 0.15) is 0 Å². The maximum absolute atomic E-state index is 12.0. The van der Waals surface area contributed by atoms with Crippen molar-refractivity contribution in [3.63, 3.8) is 0 Å². The monoisotopic (exact) mass is 289 g/mol. The highest BCUT2D eigenvalue weighted by Gasteiger charge is 2.17. The van der Waals surface area contributed by atoms with Gasteiger partial charge in [-0.2, -0.15) is 0 Å². The average Bonchev–Trinajstić information content (AvgIpc) is 3.18. The summed E-state index contributed by atoms with van der Waals surface area (Å²) in [6, 6.07) is 3.91. The number of hydrogen-bond donors (Lipinski definition) is 1. The van der Waals surface area contributed by atoms with Gasteiger partial charge in [0.05, 0.1) is 16.5 Å². The number of carbonyl (C=O) groups is 1. The van der Waals surface area contributed by atoms with Gasteiger partial charge in [0.25, 0.3) is 5.91 Å². The summed E-state index contributed by atoms with van der Waals surface area (Å²) < 4.78 is 5.46. The first kappa shape index (κ1) is 13.2. The second-order valence-corrected chi connectivity index (χ2v) is 5.57. The van der Waals surface area contributed by atoms with Crippen LogP contribution in [0.25, 0.3) is 10.7 Å². The number of nitrogens with one attached hydrogen (secondary N) is 1. The van der Waals surface area contributed by atoms with Crippen LogP contribution in [0.5, 0.6) is 0 Å². The van der Waals surface area contributed by atoms with Crippen LogP contribution in [0.3, 0.4) is 0 Å². The zero-order chi connectivity index (χ0) is 13.8. The minimum atomic E-state index is -0.154. The molecular weight excluding hydrogens is 274 g/mol. The molecule has 2 aromatic rings. The van der Waals surface area contributed by atoms with E-state index in [9.17, 15) is 4.79 Å². The van der Waals surface area contributed by atoms with Gasteiger partial charge in [0, 0.05) is 25.5 Å². The molecule has 0 aromatic carbocycles. The van der Waals surface area contributed by atoms with Gasteiger partial charge in [-0.05, 0) is 24.3 Å². The fourth-order valence-electron chi connectivity index (χ4n) is 2.09. The Bertz CT molecular complexity index is 563. The molecular formula is C14H15N3O2S. The predicted molar refractivity (Wildman–Crippen MR) is 76.7 cm³/mol. The van der Waals surface area contributed by atoms with Crippen LogP contribution in [0, 0.1) is 0 Å². The van der Waals surface area contributed by atoms with Gasteiger partial charge in [-0.1, -0.05) is 6.07 Å². The first-order chi connectivity index (χ1) is 9.83. The van der Waals surface area contributed by atoms with Crippen molar-refractivity contribution in [2.24, 2.45) is 0 Å². The summed E-state index contributed by atoms with van der Waals surface area (Å²) in [5.74, 6) is 0.494. The van der Waals surface area contributed by atoms with Gasteiger partial charge in [0.15, 0.2) is 5.82 Å². The predicted octanol–water partition coefficient (Wildman–Crippen LogP) is 2.11. The van der Waals surface area contributed by atoms with E-state index in [1.807, 2.05) is 17.5 Å². The van der Waals surface area contributed by atoms with Crippen LogP contribution in [0.2, 0.25) is 0 Å². The molecule has 3 rings (SSSR count). The Balaban J connectivity index is 1.60. The number of aromatic nitrogens is 2. The number of nitrogens with zero attached hydrogens (tertiary/aromatic N) is 2. The highest BCUT2D eigenvalue weighted by Crippen LogP contribution is 2.20. The highest BCUT2D eigenvalue weighted by molar-refractivity contribution is 7.13. The maximum atomic E-state index is 12.0. The van der Waals surface area contributed by atoms with Gasteiger partial charge >= 0.3 is 0 Å². The lowest BCUT2D eigenvalue weighted by molar-refractivity contribution is 0.0857. The van der Waals surface area contributed by atoms with Crippen molar-refractivity contribution < 1.29 is 9.53 Å². The van der Waals surface area contributed by atoms with E-state index in [1.165, 1.54) is 0 Å². The maximum Gasteiger partial charge on any atom is 0.254 e. The van der Waals surface area contributed by atoms with Crippen molar-refractivity contribution in [1.82, 2.24) is 15.3 Å². The SMILES string of the molecule is O=C(NC[C@H]1CCCO1)c1cnc(-c2cccs2)nc1. The Kier molecular flexibility index (Phi) is 4.03. The Morgan fingerprint density at radius 1 is 1.45 bits per heavy atom. The molecule has 6 heteroatoms. The number of carbonyl (C=O) groups excluding carboxylic acids is 1. The molecule has 0 spiro atoms. The summed E-state index contributed by atoms with van der Waals surface area (Å²) in [5.41, 5.74) is 0.475. The molecule has 0 aliphatic carbocycles. The number of ether oxygens (including phenoxy) is 1. The Morgan fingerprint density at radius 3 is 2.95 bits per heavy atom. The molecule has 0 bridgehead atoms. The second-order valence-electron chi connectivity index (χ2n) is 4.62. The normalized spacial score (nSPS) is 18.1. The van der Waals surface area contributed by atoms with E-state index in [-0.39, 0.29) is 12.0 Å². The molecule has 20 heavy (non-hydrogen) atoms. The number of hydrogen-bond acceptors (Lipinski definition) is 5. The molecule has 1 aliphatic heterocycles. The molecule has 104 valence electrons. The number of amides is 1. The van der Waals surface area contributed by atoms with E-state index in [0.29, 0.717) is 17.9 Å². The van der Waals surface area contributed by atoms with Crippen LogP contribution < -0.4 is 5.32 Å². The minimum absolute atomic E-state index is 0.144. The summed E-state index contributed by atoms with van der Waals surface area (Å²) in [6.45, 7) is 1.34. The Hall–Kier alpha value is -1.79. The summed E-state index contributed by atoms with van der Waals surface area (Å²) in [4.78, 5) is 21.4. The molecule has 1 saturated heterocycles. The summed E-state index contributed by atoms with van der Waals surface area (Å²) in [6.07, 6.45) is 5.35. The first-order valence-corrected chi connectivity index (χ1v) is 7.46. The van der Waals surface area contributed by atoms with Gasteiger partial charge < -0.3 is 10.1 Å². The molecule has 1 amide bonds. The van der Waals surface area contributed by atoms with E-state index in [4.69, 9.17) is 4.74 Å². The third-order valence-electron chi connectivity index (χ3n) is 3.17. The Morgan fingerprint density at radius 2 is 2.30 bits per heavy atom. The van der Waals surface area contributed by atoms with Crippen LogP contribution in [-0.2, 0) is 4.74 Å². The molecule has 2 aromatic heterocycles. The van der Waals surface area contributed by atoms with E-state index >= 15 is 0 Å². The third-order valence-corrected chi connectivity index (χ3v) is 4.04. The smallest absolute Gasteiger partial charge is 0.254 e. The van der Waals surface area contributed by atoms with Crippen molar-refractivity contribution in [1.29, 1.82) is 0 Å². The van der Waals surface area contributed by atoms with E-state index in [2.05, 4.69) is 15.3 Å². The standard InChI is InChI=1S/C14H15N3O2S/c18-14(17-9-11-3-1-5-19-11)10-7-15-13(16-8-10)12-4-2-6-20-12/h2,4,6-8,11H,1,3,5,9H2,(H,17,18)/t11-/m1/s1. The van der Waals surface area contributed by atoms with Crippen molar-refractivity contribution in [2.75, 3.05) is 13.2 Å². The Labute approximate surface area is 121 Å². The largest absolute Gasteiger partial charge is 0.376 e. The van der Waals surface area contributed by atoms with E-state index in [1.54, 1.807) is 23.7 Å². The molecule has 3 heterocycles. The lowest BCUT2D eigenvalue weighted by Gasteiger charge is -2.10. The zero-order valence-corrected chi connectivity index (χ0v) is 11.7. The number of rotatable bonds is 4. The average molecular weight is 289 g/mol. The van der Waals surface area contributed by atoms with Gasteiger partial charge in [-0.25, -0.2) is 9.97 Å². The van der Waals surface area contributed by atoms with Crippen LogP contribution in [-0.4, -0.2) is 35.1 Å². The molecule has 0 radical (unpaired) electrons. The lowest BCUT2D eigenvalue weighted by atomic mass is 10.2. The fourth-order valence-corrected chi connectivity index (χ4v) is 2.76. The van der Waals surface area contributed by atoms with Crippen LogP contribution in [0.1, 0.15) is 23.2 Å². The van der Waals surface area contributed by atoms with E-state index < -0.39 is 0 Å². The van der Waals surface area contributed by atoms with E-state index in [0.717, 1.165) is 24.3 Å². The molecule has 0 saturated carbocycles. The zero-order valence-electron chi connectivity index (χ0n) is 10.9. The topological polar surface area (TPSA) is 64.1 Å². The first-order valence-electron chi connectivity index (χ1n) is 6.58. The molecule has 1 N–H and O–H groups in total. The lowest BCUT2D eigenvalue weighted by Crippen LogP contribution is -2.31. The van der Waals surface area contributed by atoms with Gasteiger partial charge in [0.2, 0.25) is 0 Å². The van der Waals surface area contributed by atoms with Gasteiger partial charge in [-0.3, -0.25) is 4.79 Å². The van der Waals surface area contributed by atoms with Crippen LogP contribution in [0.4, 0.5) is 0 Å².